The van der Waals surface area contributed by atoms with Gasteiger partial charge in [-0.1, -0.05) is 6.07 Å². The van der Waals surface area contributed by atoms with Crippen LogP contribution in [-0.4, -0.2) is 27.1 Å². The minimum absolute atomic E-state index is 0.160. The molecule has 3 aromatic rings. The molecule has 118 valence electrons. The smallest absolute Gasteiger partial charge is 0.237 e. The number of H-pyrrole nitrogens is 1. The summed E-state index contributed by atoms with van der Waals surface area (Å²) in [6.07, 6.45) is 5.67. The van der Waals surface area contributed by atoms with Crippen molar-refractivity contribution >= 4 is 16.8 Å². The van der Waals surface area contributed by atoms with Crippen LogP contribution in [0.1, 0.15) is 16.7 Å². The molecule has 0 saturated heterocycles. The number of nitrogens with two attached hydrogens (primary N) is 1. The Morgan fingerprint density at radius 1 is 1.30 bits per heavy atom. The molecule has 1 unspecified atom stereocenters. The fraction of sp³-hybridized carbons (Fsp3) is 0.235. The quantitative estimate of drug-likeness (QED) is 0.664. The number of hydrogen-bond donors (Lipinski definition) is 3. The first-order chi connectivity index (χ1) is 11.1. The lowest BCUT2D eigenvalue weighted by molar-refractivity contribution is -0.122. The van der Waals surface area contributed by atoms with Crippen molar-refractivity contribution in [2.45, 2.75) is 25.9 Å². The van der Waals surface area contributed by atoms with Crippen molar-refractivity contribution in [1.82, 2.24) is 20.5 Å². The number of carbonyl (C=O) groups is 1. The first-order valence-corrected chi connectivity index (χ1v) is 7.48. The summed E-state index contributed by atoms with van der Waals surface area (Å²) in [5.41, 5.74) is 10.2. The monoisotopic (exact) mass is 309 g/mol. The first kappa shape index (κ1) is 15.2. The summed E-state index contributed by atoms with van der Waals surface area (Å²) in [6.45, 7) is 2.47. The second-order valence-electron chi connectivity index (χ2n) is 5.63. The predicted molar refractivity (Wildman–Crippen MR) is 88.6 cm³/mol. The molecule has 2 aromatic heterocycles. The SMILES string of the molecule is Cc1cc(CC(N)C(=O)NCc2ccncc2)cc2cn[nH]c12. The summed E-state index contributed by atoms with van der Waals surface area (Å²) in [7, 11) is 0. The number of pyridine rings is 1. The van der Waals surface area contributed by atoms with Crippen LogP contribution in [0.4, 0.5) is 0 Å². The first-order valence-electron chi connectivity index (χ1n) is 7.48. The minimum atomic E-state index is -0.583. The summed E-state index contributed by atoms with van der Waals surface area (Å²) in [5.74, 6) is -0.160. The van der Waals surface area contributed by atoms with E-state index in [1.807, 2.05) is 31.2 Å². The Morgan fingerprint density at radius 2 is 2.09 bits per heavy atom. The summed E-state index contributed by atoms with van der Waals surface area (Å²) >= 11 is 0. The van der Waals surface area contributed by atoms with Gasteiger partial charge in [0.1, 0.15) is 0 Å². The van der Waals surface area contributed by atoms with Gasteiger partial charge in [-0.15, -0.1) is 0 Å². The van der Waals surface area contributed by atoms with Gasteiger partial charge in [-0.2, -0.15) is 5.10 Å². The van der Waals surface area contributed by atoms with Crippen molar-refractivity contribution in [2.75, 3.05) is 0 Å². The van der Waals surface area contributed by atoms with Gasteiger partial charge in [-0.25, -0.2) is 0 Å². The highest BCUT2D eigenvalue weighted by Crippen LogP contribution is 2.18. The number of hydrogen-bond acceptors (Lipinski definition) is 4. The molecule has 0 saturated carbocycles. The van der Waals surface area contributed by atoms with E-state index in [1.54, 1.807) is 18.6 Å². The molecule has 6 nitrogen and oxygen atoms in total. The van der Waals surface area contributed by atoms with E-state index in [-0.39, 0.29) is 5.91 Å². The largest absolute Gasteiger partial charge is 0.351 e. The fourth-order valence-corrected chi connectivity index (χ4v) is 2.60. The highest BCUT2D eigenvalue weighted by molar-refractivity contribution is 5.84. The number of nitrogens with one attached hydrogen (secondary N) is 2. The highest BCUT2D eigenvalue weighted by Gasteiger charge is 2.15. The average Bonchev–Trinajstić information content (AvgIpc) is 3.02. The maximum absolute atomic E-state index is 12.1. The molecule has 1 amide bonds. The molecule has 0 aliphatic carbocycles. The van der Waals surface area contributed by atoms with E-state index in [9.17, 15) is 4.79 Å². The second-order valence-corrected chi connectivity index (χ2v) is 5.63. The molecular formula is C17H19N5O. The van der Waals surface area contributed by atoms with Crippen LogP contribution in [-0.2, 0) is 17.8 Å². The molecule has 0 aliphatic heterocycles. The Labute approximate surface area is 134 Å². The average molecular weight is 309 g/mol. The van der Waals surface area contributed by atoms with Crippen molar-refractivity contribution < 1.29 is 4.79 Å². The lowest BCUT2D eigenvalue weighted by atomic mass is 10.0. The molecule has 0 spiro atoms. The van der Waals surface area contributed by atoms with Gasteiger partial charge in [0.2, 0.25) is 5.91 Å². The Bertz CT molecular complexity index is 812. The lowest BCUT2D eigenvalue weighted by Crippen LogP contribution is -2.41. The normalized spacial score (nSPS) is 12.3. The third-order valence-corrected chi connectivity index (χ3v) is 3.81. The van der Waals surface area contributed by atoms with Crippen LogP contribution >= 0.6 is 0 Å². The fourth-order valence-electron chi connectivity index (χ4n) is 2.60. The highest BCUT2D eigenvalue weighted by atomic mass is 16.2. The molecule has 0 bridgehead atoms. The third-order valence-electron chi connectivity index (χ3n) is 3.81. The molecule has 0 radical (unpaired) electrons. The van der Waals surface area contributed by atoms with Gasteiger partial charge in [0, 0.05) is 24.3 Å². The second kappa shape index (κ2) is 6.58. The Hall–Kier alpha value is -2.73. The van der Waals surface area contributed by atoms with Crippen LogP contribution in [0, 0.1) is 6.92 Å². The number of nitrogens with zero attached hydrogens (tertiary/aromatic N) is 2. The molecule has 1 aromatic carbocycles. The standard InChI is InChI=1S/C17H19N5O/c1-11-6-13(7-14-10-21-22-16(11)14)8-15(18)17(23)20-9-12-2-4-19-5-3-12/h2-7,10,15H,8-9,18H2,1H3,(H,20,23)(H,21,22). The third kappa shape index (κ3) is 3.54. The molecule has 2 heterocycles. The van der Waals surface area contributed by atoms with Crippen molar-refractivity contribution in [3.8, 4) is 0 Å². The topological polar surface area (TPSA) is 96.7 Å². The Balaban J connectivity index is 1.63. The van der Waals surface area contributed by atoms with Gasteiger partial charge in [-0.05, 0) is 48.2 Å². The summed E-state index contributed by atoms with van der Waals surface area (Å²) < 4.78 is 0. The van der Waals surface area contributed by atoms with E-state index in [1.165, 1.54) is 0 Å². The maximum atomic E-state index is 12.1. The number of aromatic nitrogens is 3. The zero-order valence-corrected chi connectivity index (χ0v) is 12.9. The zero-order valence-electron chi connectivity index (χ0n) is 12.9. The number of aryl methyl sites for hydroxylation is 1. The number of rotatable bonds is 5. The van der Waals surface area contributed by atoms with E-state index < -0.39 is 6.04 Å². The van der Waals surface area contributed by atoms with Gasteiger partial charge < -0.3 is 11.1 Å². The summed E-state index contributed by atoms with van der Waals surface area (Å²) in [5, 5.41) is 10.9. The molecule has 0 fully saturated rings. The molecule has 1 atom stereocenters. The molecule has 6 heteroatoms. The van der Waals surface area contributed by atoms with Crippen molar-refractivity contribution in [2.24, 2.45) is 5.73 Å². The van der Waals surface area contributed by atoms with Crippen LogP contribution in [0.25, 0.3) is 10.9 Å². The lowest BCUT2D eigenvalue weighted by Gasteiger charge is -2.13. The maximum Gasteiger partial charge on any atom is 0.237 e. The molecule has 23 heavy (non-hydrogen) atoms. The minimum Gasteiger partial charge on any atom is -0.351 e. The van der Waals surface area contributed by atoms with Crippen LogP contribution in [0.3, 0.4) is 0 Å². The number of aromatic amines is 1. The van der Waals surface area contributed by atoms with Gasteiger partial charge in [-0.3, -0.25) is 14.9 Å². The van der Waals surface area contributed by atoms with E-state index in [4.69, 9.17) is 5.73 Å². The number of amides is 1. The van der Waals surface area contributed by atoms with Gasteiger partial charge in [0.05, 0.1) is 17.8 Å². The van der Waals surface area contributed by atoms with Crippen molar-refractivity contribution in [3.63, 3.8) is 0 Å². The molecule has 3 rings (SSSR count). The Morgan fingerprint density at radius 3 is 2.87 bits per heavy atom. The van der Waals surface area contributed by atoms with E-state index >= 15 is 0 Å². The molecule has 4 N–H and O–H groups in total. The van der Waals surface area contributed by atoms with Crippen LogP contribution in [0.5, 0.6) is 0 Å². The van der Waals surface area contributed by atoms with Crippen LogP contribution in [0.2, 0.25) is 0 Å². The van der Waals surface area contributed by atoms with Crippen molar-refractivity contribution in [3.05, 3.63) is 59.5 Å². The van der Waals surface area contributed by atoms with E-state index in [0.29, 0.717) is 13.0 Å². The van der Waals surface area contributed by atoms with Crippen molar-refractivity contribution in [1.29, 1.82) is 0 Å². The van der Waals surface area contributed by atoms with E-state index in [2.05, 4.69) is 20.5 Å². The van der Waals surface area contributed by atoms with Gasteiger partial charge >= 0.3 is 0 Å². The summed E-state index contributed by atoms with van der Waals surface area (Å²) in [6, 6.07) is 7.20. The summed E-state index contributed by atoms with van der Waals surface area (Å²) in [4.78, 5) is 16.1. The molecular weight excluding hydrogens is 290 g/mol. The van der Waals surface area contributed by atoms with E-state index in [0.717, 1.165) is 27.6 Å². The Kier molecular flexibility index (Phi) is 4.34. The van der Waals surface area contributed by atoms with Crippen LogP contribution < -0.4 is 11.1 Å². The number of carbonyl (C=O) groups excluding carboxylic acids is 1. The van der Waals surface area contributed by atoms with Gasteiger partial charge in [0.25, 0.3) is 0 Å². The molecule has 0 aliphatic rings. The number of benzene rings is 1. The van der Waals surface area contributed by atoms with Gasteiger partial charge in [0.15, 0.2) is 0 Å². The number of fused-ring (bicyclic) bond motifs is 1. The van der Waals surface area contributed by atoms with Crippen LogP contribution in [0.15, 0.2) is 42.9 Å². The predicted octanol–water partition coefficient (Wildman–Crippen LogP) is 1.45. The zero-order chi connectivity index (χ0) is 16.2.